The van der Waals surface area contributed by atoms with Crippen molar-refractivity contribution in [1.29, 1.82) is 0 Å². The van der Waals surface area contributed by atoms with E-state index in [0.717, 1.165) is 17.8 Å². The summed E-state index contributed by atoms with van der Waals surface area (Å²) in [5, 5.41) is 0. The van der Waals surface area contributed by atoms with Crippen LogP contribution in [-0.4, -0.2) is 0 Å². The molecule has 0 aromatic heterocycles. The van der Waals surface area contributed by atoms with Crippen molar-refractivity contribution in [2.24, 2.45) is 5.73 Å². The third-order valence-electron chi connectivity index (χ3n) is 1.75. The minimum Gasteiger partial charge on any atom is -0.463 e. The van der Waals surface area contributed by atoms with Gasteiger partial charge in [-0.3, -0.25) is 0 Å². The zero-order chi connectivity index (χ0) is 7.68. The Morgan fingerprint density at radius 3 is 3.18 bits per heavy atom. The second-order valence-corrected chi connectivity index (χ2v) is 2.53. The minimum atomic E-state index is 0.715. The Labute approximate surface area is 65.3 Å². The Hall–Kier alpha value is -1.44. The lowest BCUT2D eigenvalue weighted by Crippen LogP contribution is -2.08. The summed E-state index contributed by atoms with van der Waals surface area (Å²) in [5.74, 6) is 0.815. The molecule has 11 heavy (non-hydrogen) atoms. The van der Waals surface area contributed by atoms with Crippen LogP contribution in [0.1, 0.15) is 6.42 Å². The van der Waals surface area contributed by atoms with Gasteiger partial charge in [-0.15, -0.1) is 0 Å². The summed E-state index contributed by atoms with van der Waals surface area (Å²) in [6.07, 6.45) is 10.4. The van der Waals surface area contributed by atoms with Crippen LogP contribution >= 0.6 is 0 Å². The highest BCUT2D eigenvalue weighted by molar-refractivity contribution is 5.43. The quantitative estimate of drug-likeness (QED) is 0.564. The number of allylic oxidation sites excluding steroid dienone is 5. The molecule has 56 valence electrons. The van der Waals surface area contributed by atoms with Crippen molar-refractivity contribution in [3.05, 3.63) is 47.6 Å². The van der Waals surface area contributed by atoms with Crippen molar-refractivity contribution in [1.82, 2.24) is 0 Å². The molecule has 0 spiro atoms. The van der Waals surface area contributed by atoms with Crippen molar-refractivity contribution in [2.45, 2.75) is 6.42 Å². The molecule has 0 saturated heterocycles. The molecule has 0 bridgehead atoms. The maximum atomic E-state index is 5.68. The highest BCUT2D eigenvalue weighted by Gasteiger charge is 2.13. The fourth-order valence-electron chi connectivity index (χ4n) is 1.22. The van der Waals surface area contributed by atoms with Crippen molar-refractivity contribution >= 4 is 0 Å². The first-order valence-electron chi connectivity index (χ1n) is 3.57. The van der Waals surface area contributed by atoms with Gasteiger partial charge in [0, 0.05) is 5.57 Å². The molecule has 0 atom stereocenters. The monoisotopic (exact) mass is 147 g/mol. The van der Waals surface area contributed by atoms with E-state index in [9.17, 15) is 0 Å². The number of fused-ring (bicyclic) bond motifs is 1. The number of ether oxygens (including phenoxy) is 1. The van der Waals surface area contributed by atoms with Crippen molar-refractivity contribution in [3.8, 4) is 0 Å². The number of hydrogen-bond donors (Lipinski definition) is 1. The summed E-state index contributed by atoms with van der Waals surface area (Å²) >= 11 is 0. The molecule has 1 heterocycles. The van der Waals surface area contributed by atoms with Gasteiger partial charge in [0.2, 0.25) is 0 Å². The van der Waals surface area contributed by atoms with Gasteiger partial charge in [0.25, 0.3) is 0 Å². The molecule has 0 saturated carbocycles. The van der Waals surface area contributed by atoms with Gasteiger partial charge < -0.3 is 10.5 Å². The Bertz CT molecular complexity index is 295. The normalized spacial score (nSPS) is 20.9. The molecule has 0 aromatic rings. The molecule has 2 heteroatoms. The van der Waals surface area contributed by atoms with Crippen LogP contribution in [0.3, 0.4) is 0 Å². The van der Waals surface area contributed by atoms with E-state index >= 15 is 0 Å². The zero-order valence-corrected chi connectivity index (χ0v) is 6.08. The third-order valence-corrected chi connectivity index (χ3v) is 1.75. The van der Waals surface area contributed by atoms with Crippen LogP contribution in [0, 0.1) is 0 Å². The van der Waals surface area contributed by atoms with E-state index in [-0.39, 0.29) is 0 Å². The van der Waals surface area contributed by atoms with E-state index in [1.807, 2.05) is 24.3 Å². The molecule has 0 fully saturated rings. The highest BCUT2D eigenvalue weighted by Crippen LogP contribution is 2.25. The SMILES string of the molecule is NC1=C2OC=CC=C2CC=C1. The lowest BCUT2D eigenvalue weighted by Gasteiger charge is -2.17. The van der Waals surface area contributed by atoms with Crippen LogP contribution in [-0.2, 0) is 4.74 Å². The minimum absolute atomic E-state index is 0.715. The van der Waals surface area contributed by atoms with Crippen LogP contribution in [0.4, 0.5) is 0 Å². The average molecular weight is 147 g/mol. The second kappa shape index (κ2) is 2.31. The van der Waals surface area contributed by atoms with Gasteiger partial charge in [-0.2, -0.15) is 0 Å². The van der Waals surface area contributed by atoms with Gasteiger partial charge >= 0.3 is 0 Å². The van der Waals surface area contributed by atoms with E-state index in [0.29, 0.717) is 5.70 Å². The third kappa shape index (κ3) is 0.963. The van der Waals surface area contributed by atoms with Gasteiger partial charge in [-0.25, -0.2) is 0 Å². The predicted octanol–water partition coefficient (Wildman–Crippen LogP) is 1.59. The topological polar surface area (TPSA) is 35.2 Å². The smallest absolute Gasteiger partial charge is 0.152 e. The van der Waals surface area contributed by atoms with Crippen molar-refractivity contribution in [3.63, 3.8) is 0 Å². The average Bonchev–Trinajstić information content (AvgIpc) is 2.06. The fraction of sp³-hybridized carbons (Fsp3) is 0.111. The lowest BCUT2D eigenvalue weighted by atomic mass is 10.0. The molecule has 0 unspecified atom stereocenters. The Morgan fingerprint density at radius 1 is 1.45 bits per heavy atom. The van der Waals surface area contributed by atoms with E-state index in [2.05, 4.69) is 0 Å². The maximum Gasteiger partial charge on any atom is 0.152 e. The molecular weight excluding hydrogens is 138 g/mol. The van der Waals surface area contributed by atoms with Crippen molar-refractivity contribution < 1.29 is 4.74 Å². The van der Waals surface area contributed by atoms with Gasteiger partial charge in [-0.1, -0.05) is 12.2 Å². The number of hydrogen-bond acceptors (Lipinski definition) is 2. The zero-order valence-electron chi connectivity index (χ0n) is 6.08. The molecule has 1 aliphatic carbocycles. The molecule has 0 aromatic carbocycles. The first-order chi connectivity index (χ1) is 5.38. The van der Waals surface area contributed by atoms with Crippen LogP contribution in [0.2, 0.25) is 0 Å². The highest BCUT2D eigenvalue weighted by atomic mass is 16.5. The predicted molar refractivity (Wildman–Crippen MR) is 43.3 cm³/mol. The largest absolute Gasteiger partial charge is 0.463 e. The molecule has 2 N–H and O–H groups in total. The summed E-state index contributed by atoms with van der Waals surface area (Å²) in [6.45, 7) is 0. The Kier molecular flexibility index (Phi) is 1.32. The molecule has 2 aliphatic rings. The number of rotatable bonds is 0. The van der Waals surface area contributed by atoms with E-state index < -0.39 is 0 Å². The first kappa shape index (κ1) is 6.28. The van der Waals surface area contributed by atoms with Gasteiger partial charge in [-0.05, 0) is 18.6 Å². The molecule has 2 rings (SSSR count). The van der Waals surface area contributed by atoms with Gasteiger partial charge in [0.1, 0.15) is 0 Å². The van der Waals surface area contributed by atoms with E-state index in [4.69, 9.17) is 10.5 Å². The second-order valence-electron chi connectivity index (χ2n) is 2.53. The maximum absolute atomic E-state index is 5.68. The van der Waals surface area contributed by atoms with E-state index in [1.165, 1.54) is 0 Å². The standard InChI is InChI=1S/C9H9NO/c10-8-5-1-3-7-4-2-6-11-9(7)8/h1-2,4-6H,3,10H2. The summed E-state index contributed by atoms with van der Waals surface area (Å²) in [4.78, 5) is 0. The summed E-state index contributed by atoms with van der Waals surface area (Å²) < 4.78 is 5.25. The molecule has 0 amide bonds. The van der Waals surface area contributed by atoms with Crippen LogP contribution in [0.25, 0.3) is 0 Å². The van der Waals surface area contributed by atoms with Crippen LogP contribution < -0.4 is 5.73 Å². The molecular formula is C9H9NO. The summed E-state index contributed by atoms with van der Waals surface area (Å²) in [6, 6.07) is 0. The first-order valence-corrected chi connectivity index (χ1v) is 3.57. The fourth-order valence-corrected chi connectivity index (χ4v) is 1.22. The van der Waals surface area contributed by atoms with E-state index in [1.54, 1.807) is 6.26 Å². The molecule has 0 radical (unpaired) electrons. The van der Waals surface area contributed by atoms with Crippen LogP contribution in [0.5, 0.6) is 0 Å². The van der Waals surface area contributed by atoms with Gasteiger partial charge in [0.15, 0.2) is 5.76 Å². The Balaban J connectivity index is 2.46. The summed E-state index contributed by atoms with van der Waals surface area (Å²) in [5.41, 5.74) is 7.56. The molecule has 2 nitrogen and oxygen atoms in total. The molecule has 1 aliphatic heterocycles. The Morgan fingerprint density at radius 2 is 2.36 bits per heavy atom. The van der Waals surface area contributed by atoms with Gasteiger partial charge in [0.05, 0.1) is 12.0 Å². The van der Waals surface area contributed by atoms with Crippen molar-refractivity contribution in [2.75, 3.05) is 0 Å². The van der Waals surface area contributed by atoms with Crippen LogP contribution in [0.15, 0.2) is 47.6 Å². The number of nitrogens with two attached hydrogens (primary N) is 1. The summed E-state index contributed by atoms with van der Waals surface area (Å²) in [7, 11) is 0. The lowest BCUT2D eigenvalue weighted by molar-refractivity contribution is 0.349.